The van der Waals surface area contributed by atoms with Gasteiger partial charge in [0.15, 0.2) is 0 Å². The topological polar surface area (TPSA) is 97.8 Å². The van der Waals surface area contributed by atoms with Crippen molar-refractivity contribution in [2.24, 2.45) is 17.3 Å². The summed E-state index contributed by atoms with van der Waals surface area (Å²) >= 11 is 0. The Morgan fingerprint density at radius 2 is 1.32 bits per heavy atom. The van der Waals surface area contributed by atoms with E-state index in [-0.39, 0.29) is 5.41 Å². The molecule has 2 saturated carbocycles. The third kappa shape index (κ3) is 5.75. The predicted molar refractivity (Wildman–Crippen MR) is 244 cm³/mol. The van der Waals surface area contributed by atoms with E-state index in [2.05, 4.69) is 138 Å². The van der Waals surface area contributed by atoms with E-state index in [0.29, 0.717) is 29.9 Å². The van der Waals surface area contributed by atoms with Crippen molar-refractivity contribution in [3.63, 3.8) is 0 Å². The molecule has 0 unspecified atom stereocenters. The first-order chi connectivity index (χ1) is 29.3. The van der Waals surface area contributed by atoms with E-state index >= 15 is 0 Å². The number of H-pyrrole nitrogens is 2. The van der Waals surface area contributed by atoms with Crippen LogP contribution in [0.15, 0.2) is 110 Å². The van der Waals surface area contributed by atoms with Crippen LogP contribution in [-0.2, 0) is 6.42 Å². The average molecular weight is 783 g/mol. The molecule has 3 aromatic heterocycles. The van der Waals surface area contributed by atoms with Crippen LogP contribution >= 0.6 is 0 Å². The number of rotatable bonds is 3. The van der Waals surface area contributed by atoms with Crippen LogP contribution in [0.2, 0.25) is 0 Å². The summed E-state index contributed by atoms with van der Waals surface area (Å²) in [5.74, 6) is 8.82. The van der Waals surface area contributed by atoms with Crippen LogP contribution in [0.4, 0.5) is 0 Å². The maximum atomic E-state index is 12.8. The highest BCUT2D eigenvalue weighted by Gasteiger charge is 2.61. The quantitative estimate of drug-likeness (QED) is 0.134. The number of nitrogens with one attached hydrogen (secondary N) is 2. The number of benzene rings is 3. The van der Waals surface area contributed by atoms with Gasteiger partial charge in [0.25, 0.3) is 0 Å². The first kappa shape index (κ1) is 36.4. The van der Waals surface area contributed by atoms with Crippen molar-refractivity contribution >= 4 is 52.4 Å². The maximum absolute atomic E-state index is 12.8. The standard InChI is InChI=1S/C54H46N4O2/c1-3-37-43-18-22-47(55-43)51(33-10-6-4-7-11-33)49-24-20-45(57-49)41(46-21-25-50(58-46)52(34-12-8-5-9-13-34)48-23-19-44(37)56-48)27-30-54(60)31-28-42-40-16-14-35-32-36(59)15-17-38(35)39(40)26-29-53(42,54)2/h3-13,15,17-25,32,39-40,42,55,58-60H,1,14,16,26,28-29,31H2,2H3/t39-,40-,42+,53+,54+/m1/s1. The number of hydrogen-bond acceptors (Lipinski definition) is 4. The summed E-state index contributed by atoms with van der Waals surface area (Å²) in [4.78, 5) is 18.1. The smallest absolute Gasteiger partial charge is 0.131 e. The molecule has 3 aromatic carbocycles. The second-order valence-corrected chi connectivity index (χ2v) is 17.4. The molecule has 5 heterocycles. The molecule has 2 fully saturated rings. The van der Waals surface area contributed by atoms with E-state index in [1.54, 1.807) is 0 Å². The lowest BCUT2D eigenvalue weighted by atomic mass is 9.53. The molecule has 294 valence electrons. The first-order valence-corrected chi connectivity index (χ1v) is 21.3. The Balaban J connectivity index is 1.13. The van der Waals surface area contributed by atoms with Gasteiger partial charge in [-0.15, -0.1) is 0 Å². The molecule has 6 aromatic rings. The normalized spacial score (nSPS) is 23.6. The number of nitrogens with zero attached hydrogens (tertiary/aromatic N) is 2. The van der Waals surface area contributed by atoms with Gasteiger partial charge in [-0.2, -0.15) is 0 Å². The summed E-state index contributed by atoms with van der Waals surface area (Å²) in [6.07, 6.45) is 15.7. The number of aryl methyl sites for hydroxylation is 1. The molecule has 0 saturated heterocycles. The first-order valence-electron chi connectivity index (χ1n) is 21.3. The molecule has 8 bridgehead atoms. The fraction of sp³-hybridized carbons (Fsp3) is 0.222. The number of hydrogen-bond donors (Lipinski definition) is 4. The molecule has 60 heavy (non-hydrogen) atoms. The minimum Gasteiger partial charge on any atom is -0.508 e. The van der Waals surface area contributed by atoms with E-state index in [9.17, 15) is 10.2 Å². The Morgan fingerprint density at radius 1 is 0.700 bits per heavy atom. The van der Waals surface area contributed by atoms with Crippen LogP contribution in [0.1, 0.15) is 90.0 Å². The summed E-state index contributed by atoms with van der Waals surface area (Å²) < 4.78 is 0. The third-order valence-electron chi connectivity index (χ3n) is 14.4. The van der Waals surface area contributed by atoms with Crippen molar-refractivity contribution in [2.75, 3.05) is 0 Å². The highest BCUT2D eigenvalue weighted by atomic mass is 16.3. The Hall–Kier alpha value is -6.68. The minimum absolute atomic E-state index is 0.347. The zero-order valence-electron chi connectivity index (χ0n) is 33.7. The van der Waals surface area contributed by atoms with Crippen molar-refractivity contribution in [3.05, 3.63) is 155 Å². The SMILES string of the molecule is C=Cc1c2nc(c(-c3ccccc3)c3ccc([nH]3)c(C#C[C@]3(O)CC[C@H]4[C@@H]5CCc6cc(O)ccc6[C@H]5CC[C@@]43C)c3nc(c(-c4ccccc4)c4ccc1[nH]4)C=C3)C=C2. The van der Waals surface area contributed by atoms with Crippen molar-refractivity contribution in [2.45, 2.75) is 57.0 Å². The summed E-state index contributed by atoms with van der Waals surface area (Å²) in [7, 11) is 0. The zero-order chi connectivity index (χ0) is 40.6. The van der Waals surface area contributed by atoms with E-state index in [0.717, 1.165) is 110 Å². The minimum atomic E-state index is -1.16. The van der Waals surface area contributed by atoms with E-state index in [1.807, 2.05) is 30.3 Å². The third-order valence-corrected chi connectivity index (χ3v) is 14.4. The monoisotopic (exact) mass is 782 g/mol. The fourth-order valence-electron chi connectivity index (χ4n) is 11.3. The van der Waals surface area contributed by atoms with E-state index in [1.165, 1.54) is 11.1 Å². The summed E-state index contributed by atoms with van der Waals surface area (Å²) in [6.45, 7) is 6.49. The molecule has 0 amide bonds. The van der Waals surface area contributed by atoms with E-state index in [4.69, 9.17) is 9.97 Å². The fourth-order valence-corrected chi connectivity index (χ4v) is 11.3. The van der Waals surface area contributed by atoms with Gasteiger partial charge in [-0.1, -0.05) is 98.1 Å². The van der Waals surface area contributed by atoms with Gasteiger partial charge in [0.05, 0.1) is 33.9 Å². The van der Waals surface area contributed by atoms with Crippen LogP contribution < -0.4 is 0 Å². The maximum Gasteiger partial charge on any atom is 0.131 e. The van der Waals surface area contributed by atoms with E-state index < -0.39 is 5.60 Å². The highest BCUT2D eigenvalue weighted by Crippen LogP contribution is 2.64. The Labute approximate surface area is 350 Å². The highest BCUT2D eigenvalue weighted by molar-refractivity contribution is 5.95. The molecular formula is C54H46N4O2. The largest absolute Gasteiger partial charge is 0.508 e. The molecule has 5 aliphatic rings. The van der Waals surface area contributed by atoms with Crippen LogP contribution in [0.25, 0.3) is 74.7 Å². The van der Waals surface area contributed by atoms with Crippen LogP contribution in [-0.4, -0.2) is 35.8 Å². The average Bonchev–Trinajstić information content (AvgIpc) is 4.13. The summed E-state index contributed by atoms with van der Waals surface area (Å²) in [5.41, 5.74) is 13.7. The number of fused-ring (bicyclic) bond motifs is 13. The van der Waals surface area contributed by atoms with Crippen molar-refractivity contribution in [3.8, 4) is 39.8 Å². The van der Waals surface area contributed by atoms with Gasteiger partial charge in [-0.25, -0.2) is 9.97 Å². The van der Waals surface area contributed by atoms with Crippen LogP contribution in [0.5, 0.6) is 5.75 Å². The summed E-state index contributed by atoms with van der Waals surface area (Å²) in [6, 6.07) is 35.1. The lowest BCUT2D eigenvalue weighted by Gasteiger charge is -2.52. The van der Waals surface area contributed by atoms with Gasteiger partial charge in [0.2, 0.25) is 0 Å². The molecule has 4 N–H and O–H groups in total. The van der Waals surface area contributed by atoms with Gasteiger partial charge in [-0.05, 0) is 139 Å². The van der Waals surface area contributed by atoms with Crippen molar-refractivity contribution in [1.82, 2.24) is 19.9 Å². The van der Waals surface area contributed by atoms with Crippen molar-refractivity contribution < 1.29 is 10.2 Å². The number of phenols is 1. The lowest BCUT2D eigenvalue weighted by molar-refractivity contribution is -0.0647. The number of aromatic nitrogens is 4. The van der Waals surface area contributed by atoms with Gasteiger partial charge < -0.3 is 20.2 Å². The zero-order valence-corrected chi connectivity index (χ0v) is 33.7. The molecular weight excluding hydrogens is 737 g/mol. The number of aliphatic hydroxyl groups is 1. The molecule has 2 aliphatic heterocycles. The molecule has 6 heteroatoms. The van der Waals surface area contributed by atoms with Crippen LogP contribution in [0, 0.1) is 29.1 Å². The second kappa shape index (κ2) is 14.0. The summed E-state index contributed by atoms with van der Waals surface area (Å²) in [5, 5.41) is 23.1. The molecule has 6 nitrogen and oxygen atoms in total. The molecule has 3 aliphatic carbocycles. The number of phenolic OH excluding ortho intramolecular Hbond substituents is 1. The Morgan fingerprint density at radius 3 is 2.02 bits per heavy atom. The number of aromatic amines is 2. The van der Waals surface area contributed by atoms with Gasteiger partial charge >= 0.3 is 0 Å². The van der Waals surface area contributed by atoms with Gasteiger partial charge in [-0.3, -0.25) is 0 Å². The Bertz CT molecular complexity index is 3000. The lowest BCUT2D eigenvalue weighted by Crippen LogP contribution is -2.50. The predicted octanol–water partition coefficient (Wildman–Crippen LogP) is 12.0. The number of aromatic hydroxyl groups is 1. The molecule has 5 atom stereocenters. The Kier molecular flexibility index (Phi) is 8.48. The molecule has 0 radical (unpaired) electrons. The van der Waals surface area contributed by atoms with Gasteiger partial charge in [0, 0.05) is 38.7 Å². The second-order valence-electron chi connectivity index (χ2n) is 17.4. The van der Waals surface area contributed by atoms with Crippen LogP contribution in [0.3, 0.4) is 0 Å². The van der Waals surface area contributed by atoms with Crippen molar-refractivity contribution in [1.29, 1.82) is 0 Å². The molecule has 11 rings (SSSR count). The molecule has 0 spiro atoms. The van der Waals surface area contributed by atoms with Gasteiger partial charge in [0.1, 0.15) is 11.4 Å².